The first-order valence-corrected chi connectivity index (χ1v) is 8.34. The highest BCUT2D eigenvalue weighted by atomic mass is 32.2. The molecule has 1 aliphatic rings. The SMILES string of the molecule is CC(CNS(=O)(=O)c1ccc(OCCO)cc1)C1CC1. The van der Waals surface area contributed by atoms with E-state index < -0.39 is 10.0 Å². The van der Waals surface area contributed by atoms with Crippen molar-refractivity contribution in [2.24, 2.45) is 11.8 Å². The topological polar surface area (TPSA) is 75.6 Å². The molecule has 1 saturated carbocycles. The molecule has 0 heterocycles. The zero-order chi connectivity index (χ0) is 14.6. The van der Waals surface area contributed by atoms with Gasteiger partial charge in [0.05, 0.1) is 11.5 Å². The fourth-order valence-electron chi connectivity index (χ4n) is 2.03. The molecular formula is C14H21NO4S. The van der Waals surface area contributed by atoms with Gasteiger partial charge in [-0.25, -0.2) is 13.1 Å². The lowest BCUT2D eigenvalue weighted by Crippen LogP contribution is -2.29. The highest BCUT2D eigenvalue weighted by Crippen LogP contribution is 2.36. The number of aliphatic hydroxyl groups is 1. The number of nitrogens with one attached hydrogen (secondary N) is 1. The predicted octanol–water partition coefficient (Wildman–Crippen LogP) is 1.38. The van der Waals surface area contributed by atoms with Crippen molar-refractivity contribution >= 4 is 10.0 Å². The summed E-state index contributed by atoms with van der Waals surface area (Å²) in [5.74, 6) is 1.60. The number of rotatable bonds is 8. The van der Waals surface area contributed by atoms with Crippen molar-refractivity contribution in [3.8, 4) is 5.75 Å². The van der Waals surface area contributed by atoms with Gasteiger partial charge in [0, 0.05) is 6.54 Å². The van der Waals surface area contributed by atoms with Crippen LogP contribution in [0.25, 0.3) is 0 Å². The third-order valence-electron chi connectivity index (χ3n) is 3.52. The van der Waals surface area contributed by atoms with Crippen molar-refractivity contribution in [2.75, 3.05) is 19.8 Å². The first kappa shape index (κ1) is 15.3. The van der Waals surface area contributed by atoms with Gasteiger partial charge >= 0.3 is 0 Å². The largest absolute Gasteiger partial charge is 0.491 e. The molecule has 1 unspecified atom stereocenters. The molecule has 0 spiro atoms. The van der Waals surface area contributed by atoms with Crippen molar-refractivity contribution in [1.82, 2.24) is 4.72 Å². The van der Waals surface area contributed by atoms with E-state index in [1.54, 1.807) is 12.1 Å². The van der Waals surface area contributed by atoms with Crippen molar-refractivity contribution in [3.05, 3.63) is 24.3 Å². The van der Waals surface area contributed by atoms with E-state index in [-0.39, 0.29) is 18.1 Å². The van der Waals surface area contributed by atoms with Crippen LogP contribution in [0.3, 0.4) is 0 Å². The summed E-state index contributed by atoms with van der Waals surface area (Å²) in [7, 11) is -3.45. The van der Waals surface area contributed by atoms with Crippen LogP contribution in [-0.4, -0.2) is 33.3 Å². The quantitative estimate of drug-likeness (QED) is 0.760. The average Bonchev–Trinajstić information content (AvgIpc) is 3.27. The van der Waals surface area contributed by atoms with E-state index in [9.17, 15) is 8.42 Å². The van der Waals surface area contributed by atoms with Gasteiger partial charge in [0.15, 0.2) is 0 Å². The van der Waals surface area contributed by atoms with E-state index in [0.29, 0.717) is 24.1 Å². The summed E-state index contributed by atoms with van der Waals surface area (Å²) in [6.45, 7) is 2.69. The summed E-state index contributed by atoms with van der Waals surface area (Å²) in [6.07, 6.45) is 2.42. The molecule has 1 atom stereocenters. The molecule has 1 aromatic carbocycles. The number of ether oxygens (including phenoxy) is 1. The van der Waals surface area contributed by atoms with Crippen LogP contribution in [0.2, 0.25) is 0 Å². The monoisotopic (exact) mass is 299 g/mol. The Kier molecular flexibility index (Phi) is 5.01. The second-order valence-electron chi connectivity index (χ2n) is 5.21. The number of benzene rings is 1. The third-order valence-corrected chi connectivity index (χ3v) is 4.96. The number of hydrogen-bond donors (Lipinski definition) is 2. The van der Waals surface area contributed by atoms with Crippen LogP contribution in [0.4, 0.5) is 0 Å². The van der Waals surface area contributed by atoms with Crippen molar-refractivity contribution in [1.29, 1.82) is 0 Å². The molecule has 1 aliphatic carbocycles. The normalized spacial score (nSPS) is 16.9. The van der Waals surface area contributed by atoms with Gasteiger partial charge in [-0.1, -0.05) is 6.92 Å². The Morgan fingerprint density at radius 3 is 2.55 bits per heavy atom. The van der Waals surface area contributed by atoms with E-state index in [1.807, 2.05) is 0 Å². The van der Waals surface area contributed by atoms with Gasteiger partial charge in [-0.15, -0.1) is 0 Å². The fourth-order valence-corrected chi connectivity index (χ4v) is 3.18. The molecule has 0 saturated heterocycles. The predicted molar refractivity (Wildman–Crippen MR) is 76.1 cm³/mol. The summed E-state index contributed by atoms with van der Waals surface area (Å²) < 4.78 is 32.1. The zero-order valence-electron chi connectivity index (χ0n) is 11.6. The van der Waals surface area contributed by atoms with Crippen LogP contribution in [0, 0.1) is 11.8 Å². The second-order valence-corrected chi connectivity index (χ2v) is 6.98. The summed E-state index contributed by atoms with van der Waals surface area (Å²) in [5.41, 5.74) is 0. The lowest BCUT2D eigenvalue weighted by atomic mass is 10.1. The van der Waals surface area contributed by atoms with Gasteiger partial charge < -0.3 is 9.84 Å². The third kappa shape index (κ3) is 4.19. The molecule has 20 heavy (non-hydrogen) atoms. The van der Waals surface area contributed by atoms with E-state index in [2.05, 4.69) is 11.6 Å². The molecule has 2 N–H and O–H groups in total. The van der Waals surface area contributed by atoms with E-state index >= 15 is 0 Å². The van der Waals surface area contributed by atoms with Crippen LogP contribution in [0.1, 0.15) is 19.8 Å². The summed E-state index contributed by atoms with van der Waals surface area (Å²) >= 11 is 0. The lowest BCUT2D eigenvalue weighted by Gasteiger charge is -2.12. The van der Waals surface area contributed by atoms with Crippen LogP contribution in [0.5, 0.6) is 5.75 Å². The molecule has 5 nitrogen and oxygen atoms in total. The molecule has 0 bridgehead atoms. The molecule has 2 rings (SSSR count). The molecule has 112 valence electrons. The molecule has 0 aliphatic heterocycles. The van der Waals surface area contributed by atoms with Crippen molar-refractivity contribution < 1.29 is 18.3 Å². The lowest BCUT2D eigenvalue weighted by molar-refractivity contribution is 0.201. The smallest absolute Gasteiger partial charge is 0.240 e. The van der Waals surface area contributed by atoms with Crippen molar-refractivity contribution in [3.63, 3.8) is 0 Å². The maximum atomic E-state index is 12.1. The average molecular weight is 299 g/mol. The van der Waals surface area contributed by atoms with Gasteiger partial charge in [-0.3, -0.25) is 0 Å². The fraction of sp³-hybridized carbons (Fsp3) is 0.571. The van der Waals surface area contributed by atoms with Crippen molar-refractivity contribution in [2.45, 2.75) is 24.7 Å². The van der Waals surface area contributed by atoms with E-state index in [1.165, 1.54) is 25.0 Å². The van der Waals surface area contributed by atoms with Crippen LogP contribution in [-0.2, 0) is 10.0 Å². The Balaban J connectivity index is 1.93. The zero-order valence-corrected chi connectivity index (χ0v) is 12.4. The minimum Gasteiger partial charge on any atom is -0.491 e. The standard InChI is InChI=1S/C14H21NO4S/c1-11(12-2-3-12)10-15-20(17,18)14-6-4-13(5-7-14)19-9-8-16/h4-7,11-12,15-16H,2-3,8-10H2,1H3. The molecular weight excluding hydrogens is 278 g/mol. The Labute approximate surface area is 120 Å². The van der Waals surface area contributed by atoms with Gasteiger partial charge in [0.2, 0.25) is 10.0 Å². The molecule has 0 radical (unpaired) electrons. The van der Waals surface area contributed by atoms with Gasteiger partial charge in [0.25, 0.3) is 0 Å². The summed E-state index contributed by atoms with van der Waals surface area (Å²) in [5, 5.41) is 8.65. The summed E-state index contributed by atoms with van der Waals surface area (Å²) in [4.78, 5) is 0.233. The number of sulfonamides is 1. The number of hydrogen-bond acceptors (Lipinski definition) is 4. The first-order chi connectivity index (χ1) is 9.53. The maximum absolute atomic E-state index is 12.1. The van der Waals surface area contributed by atoms with E-state index in [4.69, 9.17) is 9.84 Å². The van der Waals surface area contributed by atoms with Crippen LogP contribution >= 0.6 is 0 Å². The minimum absolute atomic E-state index is 0.0688. The molecule has 1 aromatic rings. The second kappa shape index (κ2) is 6.56. The van der Waals surface area contributed by atoms with Crippen LogP contribution < -0.4 is 9.46 Å². The van der Waals surface area contributed by atoms with Gasteiger partial charge in [0.1, 0.15) is 12.4 Å². The molecule has 6 heteroatoms. The van der Waals surface area contributed by atoms with Gasteiger partial charge in [-0.2, -0.15) is 0 Å². The molecule has 0 aromatic heterocycles. The van der Waals surface area contributed by atoms with E-state index in [0.717, 1.165) is 0 Å². The molecule has 0 amide bonds. The summed E-state index contributed by atoms with van der Waals surface area (Å²) in [6, 6.07) is 6.21. The number of aliphatic hydroxyl groups excluding tert-OH is 1. The Hall–Kier alpha value is -1.11. The Morgan fingerprint density at radius 2 is 2.00 bits per heavy atom. The minimum atomic E-state index is -3.45. The highest BCUT2D eigenvalue weighted by Gasteiger charge is 2.28. The maximum Gasteiger partial charge on any atom is 0.240 e. The van der Waals surface area contributed by atoms with Gasteiger partial charge in [-0.05, 0) is 48.9 Å². The first-order valence-electron chi connectivity index (χ1n) is 6.86. The highest BCUT2D eigenvalue weighted by molar-refractivity contribution is 7.89. The Morgan fingerprint density at radius 1 is 1.35 bits per heavy atom. The Bertz CT molecular complexity index is 523. The molecule has 1 fully saturated rings. The van der Waals surface area contributed by atoms with Crippen LogP contribution in [0.15, 0.2) is 29.2 Å².